The van der Waals surface area contributed by atoms with Crippen molar-refractivity contribution < 1.29 is 9.90 Å². The minimum absolute atomic E-state index is 0.668. The van der Waals surface area contributed by atoms with E-state index >= 15 is 0 Å². The second-order valence-electron chi connectivity index (χ2n) is 2.77. The minimum Gasteiger partial charge on any atom is -0.478 e. The highest BCUT2D eigenvalue weighted by molar-refractivity contribution is 7.16. The van der Waals surface area contributed by atoms with Crippen LogP contribution < -0.4 is 0 Å². The molecule has 1 aromatic heterocycles. The van der Waals surface area contributed by atoms with Crippen LogP contribution in [0.25, 0.3) is 0 Å². The topological polar surface area (TPSA) is 40.5 Å². The molecule has 0 aliphatic carbocycles. The Morgan fingerprint density at radius 2 is 2.43 bits per heavy atom. The number of aliphatic carboxylic acids is 1. The lowest BCUT2D eigenvalue weighted by Gasteiger charge is -2.11. The molecule has 0 bridgehead atoms. The second kappa shape index (κ2) is 5.02. The van der Waals surface area contributed by atoms with Gasteiger partial charge in [-0.3, -0.25) is 0 Å². The molecule has 0 spiro atoms. The van der Waals surface area contributed by atoms with Crippen LogP contribution in [0.4, 0.5) is 0 Å². The van der Waals surface area contributed by atoms with Gasteiger partial charge in [0, 0.05) is 24.2 Å². The molecule has 5 heteroatoms. The molecule has 14 heavy (non-hydrogen) atoms. The van der Waals surface area contributed by atoms with Crippen molar-refractivity contribution in [1.29, 1.82) is 0 Å². The van der Waals surface area contributed by atoms with Gasteiger partial charge in [-0.2, -0.15) is 0 Å². The number of halogens is 1. The van der Waals surface area contributed by atoms with Crippen LogP contribution in [0, 0.1) is 0 Å². The van der Waals surface area contributed by atoms with E-state index in [0.29, 0.717) is 6.54 Å². The van der Waals surface area contributed by atoms with Gasteiger partial charge in [-0.1, -0.05) is 11.6 Å². The van der Waals surface area contributed by atoms with Crippen LogP contribution in [-0.2, 0) is 11.3 Å². The van der Waals surface area contributed by atoms with Crippen LogP contribution in [0.3, 0.4) is 0 Å². The van der Waals surface area contributed by atoms with Gasteiger partial charge < -0.3 is 10.0 Å². The van der Waals surface area contributed by atoms with E-state index in [1.54, 1.807) is 4.90 Å². The summed E-state index contributed by atoms with van der Waals surface area (Å²) in [5.74, 6) is -0.943. The molecule has 1 N–H and O–H groups in total. The Morgan fingerprint density at radius 1 is 1.71 bits per heavy atom. The molecule has 3 nitrogen and oxygen atoms in total. The zero-order chi connectivity index (χ0) is 10.6. The molecule has 0 amide bonds. The third kappa shape index (κ3) is 3.81. The number of rotatable bonds is 4. The van der Waals surface area contributed by atoms with Crippen LogP contribution in [0.2, 0.25) is 4.34 Å². The summed E-state index contributed by atoms with van der Waals surface area (Å²) in [6.07, 6.45) is 2.63. The number of hydrogen-bond donors (Lipinski definition) is 1. The first kappa shape index (κ1) is 11.1. The maximum atomic E-state index is 10.2. The molecule has 0 aliphatic heterocycles. The van der Waals surface area contributed by atoms with Gasteiger partial charge in [0.25, 0.3) is 0 Å². The molecule has 1 heterocycles. The molecule has 0 aliphatic rings. The predicted octanol–water partition coefficient (Wildman–Crippen LogP) is 2.43. The zero-order valence-corrected chi connectivity index (χ0v) is 9.18. The fraction of sp³-hybridized carbons (Fsp3) is 0.222. The first-order valence-electron chi connectivity index (χ1n) is 3.93. The number of carbonyl (C=O) groups is 1. The Labute approximate surface area is 91.2 Å². The Morgan fingerprint density at radius 3 is 2.93 bits per heavy atom. The predicted molar refractivity (Wildman–Crippen MR) is 57.6 cm³/mol. The molecular weight excluding hydrogens is 222 g/mol. The van der Waals surface area contributed by atoms with Gasteiger partial charge in [0.1, 0.15) is 0 Å². The molecule has 0 aromatic carbocycles. The van der Waals surface area contributed by atoms with Gasteiger partial charge in [-0.25, -0.2) is 4.79 Å². The summed E-state index contributed by atoms with van der Waals surface area (Å²) in [4.78, 5) is 13.1. The molecule has 76 valence electrons. The Kier molecular flexibility index (Phi) is 3.98. The maximum absolute atomic E-state index is 10.2. The molecular formula is C9H10ClNO2S. The van der Waals surface area contributed by atoms with Crippen LogP contribution >= 0.6 is 22.9 Å². The highest BCUT2D eigenvalue weighted by Gasteiger charge is 1.99. The zero-order valence-electron chi connectivity index (χ0n) is 7.61. The quantitative estimate of drug-likeness (QED) is 0.810. The first-order valence-corrected chi connectivity index (χ1v) is 5.13. The Bertz CT molecular complexity index is 348. The molecule has 1 rings (SSSR count). The molecule has 0 saturated carbocycles. The molecule has 0 fully saturated rings. The summed E-state index contributed by atoms with van der Waals surface area (Å²) in [7, 11) is 1.81. The van der Waals surface area contributed by atoms with E-state index in [0.717, 1.165) is 15.3 Å². The van der Waals surface area contributed by atoms with Gasteiger partial charge in [0.15, 0.2) is 0 Å². The van der Waals surface area contributed by atoms with E-state index in [2.05, 4.69) is 0 Å². The van der Waals surface area contributed by atoms with E-state index in [-0.39, 0.29) is 0 Å². The summed E-state index contributed by atoms with van der Waals surface area (Å²) >= 11 is 7.25. The highest BCUT2D eigenvalue weighted by Crippen LogP contribution is 2.22. The van der Waals surface area contributed by atoms with E-state index < -0.39 is 5.97 Å². The minimum atomic E-state index is -0.943. The highest BCUT2D eigenvalue weighted by atomic mass is 35.5. The van der Waals surface area contributed by atoms with Gasteiger partial charge >= 0.3 is 5.97 Å². The summed E-state index contributed by atoms with van der Waals surface area (Å²) in [5.41, 5.74) is 0. The van der Waals surface area contributed by atoms with Gasteiger partial charge in [-0.05, 0) is 12.1 Å². The Hall–Kier alpha value is -1.000. The van der Waals surface area contributed by atoms with Crippen LogP contribution in [0.1, 0.15) is 4.88 Å². The van der Waals surface area contributed by atoms with Crippen molar-refractivity contribution >= 4 is 28.9 Å². The van der Waals surface area contributed by atoms with Gasteiger partial charge in [0.05, 0.1) is 10.9 Å². The molecule has 1 aromatic rings. The fourth-order valence-electron chi connectivity index (χ4n) is 0.926. The monoisotopic (exact) mass is 231 g/mol. The maximum Gasteiger partial charge on any atom is 0.329 e. The summed E-state index contributed by atoms with van der Waals surface area (Å²) in [5, 5.41) is 8.40. The van der Waals surface area contributed by atoms with E-state index in [4.69, 9.17) is 16.7 Å². The van der Waals surface area contributed by atoms with Crippen molar-refractivity contribution in [3.8, 4) is 0 Å². The molecule has 0 saturated heterocycles. The number of carboxylic acid groups (broad SMARTS) is 1. The largest absolute Gasteiger partial charge is 0.478 e. The van der Waals surface area contributed by atoms with Gasteiger partial charge in [-0.15, -0.1) is 11.3 Å². The fourth-order valence-corrected chi connectivity index (χ4v) is 2.08. The van der Waals surface area contributed by atoms with Crippen molar-refractivity contribution in [3.63, 3.8) is 0 Å². The average Bonchev–Trinajstić information content (AvgIpc) is 2.48. The van der Waals surface area contributed by atoms with Crippen molar-refractivity contribution in [2.45, 2.75) is 6.54 Å². The van der Waals surface area contributed by atoms with Crippen molar-refractivity contribution in [3.05, 3.63) is 33.6 Å². The van der Waals surface area contributed by atoms with E-state index in [1.807, 2.05) is 19.2 Å². The van der Waals surface area contributed by atoms with E-state index in [9.17, 15) is 4.79 Å². The smallest absolute Gasteiger partial charge is 0.329 e. The molecule has 0 unspecified atom stereocenters. The number of carboxylic acids is 1. The standard InChI is InChI=1S/C9H10ClNO2S/c1-11(5-4-9(12)13)6-7-2-3-8(10)14-7/h2-5H,6H2,1H3,(H,12,13). The number of hydrogen-bond acceptors (Lipinski definition) is 3. The average molecular weight is 232 g/mol. The number of thiophene rings is 1. The Balaban J connectivity index is 2.48. The van der Waals surface area contributed by atoms with Crippen molar-refractivity contribution in [2.75, 3.05) is 7.05 Å². The summed E-state index contributed by atoms with van der Waals surface area (Å²) in [6, 6.07) is 3.76. The van der Waals surface area contributed by atoms with Gasteiger partial charge in [0.2, 0.25) is 0 Å². The second-order valence-corrected chi connectivity index (χ2v) is 4.57. The van der Waals surface area contributed by atoms with E-state index in [1.165, 1.54) is 17.5 Å². The molecule has 0 radical (unpaired) electrons. The third-order valence-corrected chi connectivity index (χ3v) is 2.72. The number of nitrogens with zero attached hydrogens (tertiary/aromatic N) is 1. The van der Waals surface area contributed by atoms with Crippen LogP contribution in [0.15, 0.2) is 24.4 Å². The first-order chi connectivity index (χ1) is 6.58. The van der Waals surface area contributed by atoms with Crippen LogP contribution in [-0.4, -0.2) is 23.0 Å². The van der Waals surface area contributed by atoms with Crippen LogP contribution in [0.5, 0.6) is 0 Å². The lowest BCUT2D eigenvalue weighted by atomic mass is 10.4. The lowest BCUT2D eigenvalue weighted by molar-refractivity contribution is -0.131. The SMILES string of the molecule is CN(C=CC(=O)O)Cc1ccc(Cl)s1. The van der Waals surface area contributed by atoms with Crippen molar-refractivity contribution in [2.24, 2.45) is 0 Å². The lowest BCUT2D eigenvalue weighted by Crippen LogP contribution is -2.09. The summed E-state index contributed by atoms with van der Waals surface area (Å²) < 4.78 is 0.746. The molecule has 0 atom stereocenters. The summed E-state index contributed by atoms with van der Waals surface area (Å²) in [6.45, 7) is 0.668. The van der Waals surface area contributed by atoms with Crippen molar-refractivity contribution in [1.82, 2.24) is 4.90 Å². The normalized spacial score (nSPS) is 10.7. The third-order valence-electron chi connectivity index (χ3n) is 1.51.